The van der Waals surface area contributed by atoms with Gasteiger partial charge in [0.25, 0.3) is 15.9 Å². The number of nitrogens with zero attached hydrogens (tertiary/aromatic N) is 1. The van der Waals surface area contributed by atoms with Gasteiger partial charge in [0.2, 0.25) is 0 Å². The molecule has 0 saturated heterocycles. The van der Waals surface area contributed by atoms with E-state index < -0.39 is 27.7 Å². The molecule has 204 valence electrons. The molecule has 4 aromatic carbocycles. The normalized spacial score (nSPS) is 11.9. The van der Waals surface area contributed by atoms with Crippen LogP contribution in [0.5, 0.6) is 5.75 Å². The Bertz CT molecular complexity index is 1800. The van der Waals surface area contributed by atoms with Crippen LogP contribution in [0.2, 0.25) is 0 Å². The lowest BCUT2D eigenvalue weighted by Crippen LogP contribution is -2.32. The Morgan fingerprint density at radius 2 is 1.55 bits per heavy atom. The molecular formula is C30H23F3N2O4S. The number of aromatic nitrogens is 1. The van der Waals surface area contributed by atoms with E-state index in [4.69, 9.17) is 4.74 Å². The molecule has 0 aliphatic heterocycles. The highest BCUT2D eigenvalue weighted by molar-refractivity contribution is 7.90. The Kier molecular flexibility index (Phi) is 7.12. The standard InChI is InChI=1S/C30H23F3N2O4S/c1-39-23-16-14-21(15-17-23)27-25-12-5-6-13-26(25)35(19-20-8-7-9-22(18-20)30(31,32)33)28(27)29(36)34-40(37,38)24-10-3-2-4-11-24/h2-18H,19H2,1H3,(H,34,36). The SMILES string of the molecule is COc1ccc(-c2c(C(=O)NS(=O)(=O)c3ccccc3)n(Cc3cccc(C(F)(F)F)c3)c3ccccc23)cc1. The van der Waals surface area contributed by atoms with Gasteiger partial charge >= 0.3 is 6.18 Å². The van der Waals surface area contributed by atoms with E-state index in [1.165, 1.54) is 43.5 Å². The molecule has 0 bridgehead atoms. The second kappa shape index (κ2) is 10.5. The first kappa shape index (κ1) is 27.0. The molecule has 1 N–H and O–H groups in total. The van der Waals surface area contributed by atoms with Crippen LogP contribution in [0.25, 0.3) is 22.0 Å². The number of amides is 1. The number of rotatable bonds is 7. The van der Waals surface area contributed by atoms with Crippen molar-refractivity contribution >= 4 is 26.8 Å². The second-order valence-corrected chi connectivity index (χ2v) is 10.7. The van der Waals surface area contributed by atoms with Gasteiger partial charge in [-0.15, -0.1) is 0 Å². The van der Waals surface area contributed by atoms with Crippen LogP contribution in [-0.2, 0) is 22.7 Å². The summed E-state index contributed by atoms with van der Waals surface area (Å²) < 4.78 is 75.5. The average molecular weight is 565 g/mol. The minimum atomic E-state index is -4.55. The lowest BCUT2D eigenvalue weighted by atomic mass is 10.0. The van der Waals surface area contributed by atoms with E-state index in [0.29, 0.717) is 27.8 Å². The maximum absolute atomic E-state index is 13.8. The summed E-state index contributed by atoms with van der Waals surface area (Å²) in [5, 5.41) is 0.627. The average Bonchev–Trinajstić information content (AvgIpc) is 3.27. The molecule has 0 fully saturated rings. The summed E-state index contributed by atoms with van der Waals surface area (Å²) in [4.78, 5) is 13.7. The zero-order valence-electron chi connectivity index (χ0n) is 21.1. The molecular weight excluding hydrogens is 541 g/mol. The number of carbonyl (C=O) groups excluding carboxylic acids is 1. The number of ether oxygens (including phenoxy) is 1. The van der Waals surface area contributed by atoms with Gasteiger partial charge in [-0.2, -0.15) is 13.2 Å². The molecule has 1 aromatic heterocycles. The van der Waals surface area contributed by atoms with E-state index in [-0.39, 0.29) is 22.7 Å². The number of sulfonamides is 1. The molecule has 0 spiro atoms. The number of para-hydroxylation sites is 1. The fourth-order valence-corrected chi connectivity index (χ4v) is 5.59. The highest BCUT2D eigenvalue weighted by Gasteiger charge is 2.31. The van der Waals surface area contributed by atoms with E-state index in [2.05, 4.69) is 4.72 Å². The van der Waals surface area contributed by atoms with Crippen LogP contribution >= 0.6 is 0 Å². The van der Waals surface area contributed by atoms with E-state index in [9.17, 15) is 26.4 Å². The molecule has 0 atom stereocenters. The molecule has 0 aliphatic carbocycles. The quantitative estimate of drug-likeness (QED) is 0.245. The zero-order valence-corrected chi connectivity index (χ0v) is 22.0. The largest absolute Gasteiger partial charge is 0.497 e. The van der Waals surface area contributed by atoms with Gasteiger partial charge in [0.05, 0.1) is 17.6 Å². The molecule has 1 heterocycles. The number of hydrogen-bond acceptors (Lipinski definition) is 4. The molecule has 1 amide bonds. The topological polar surface area (TPSA) is 77.4 Å². The number of nitrogens with one attached hydrogen (secondary N) is 1. The lowest BCUT2D eigenvalue weighted by Gasteiger charge is -2.15. The fraction of sp³-hybridized carbons (Fsp3) is 0.100. The molecule has 5 aromatic rings. The number of halogens is 3. The van der Waals surface area contributed by atoms with Crippen molar-refractivity contribution in [3.05, 3.63) is 120 Å². The number of hydrogen-bond donors (Lipinski definition) is 1. The minimum Gasteiger partial charge on any atom is -0.497 e. The van der Waals surface area contributed by atoms with Gasteiger partial charge in [0, 0.05) is 23.0 Å². The van der Waals surface area contributed by atoms with Crippen LogP contribution in [0, 0.1) is 0 Å². The Labute approximate surface area is 228 Å². The van der Waals surface area contributed by atoms with Crippen molar-refractivity contribution < 1.29 is 31.1 Å². The molecule has 10 heteroatoms. The Morgan fingerprint density at radius 3 is 2.23 bits per heavy atom. The van der Waals surface area contributed by atoms with E-state index in [1.807, 2.05) is 0 Å². The summed E-state index contributed by atoms with van der Waals surface area (Å²) in [7, 11) is -2.73. The fourth-order valence-electron chi connectivity index (χ4n) is 4.61. The Hall–Kier alpha value is -4.57. The predicted octanol–water partition coefficient (Wildman–Crippen LogP) is 6.50. The third-order valence-corrected chi connectivity index (χ3v) is 7.79. The van der Waals surface area contributed by atoms with Gasteiger partial charge in [0.1, 0.15) is 11.4 Å². The lowest BCUT2D eigenvalue weighted by molar-refractivity contribution is -0.137. The molecule has 0 radical (unpaired) electrons. The zero-order chi connectivity index (χ0) is 28.5. The number of methoxy groups -OCH3 is 1. The molecule has 6 nitrogen and oxygen atoms in total. The second-order valence-electron chi connectivity index (χ2n) is 9.00. The van der Waals surface area contributed by atoms with Gasteiger partial charge in [-0.1, -0.05) is 60.7 Å². The van der Waals surface area contributed by atoms with Crippen LogP contribution in [-0.4, -0.2) is 26.0 Å². The highest BCUT2D eigenvalue weighted by atomic mass is 32.2. The van der Waals surface area contributed by atoms with Crippen molar-refractivity contribution in [2.45, 2.75) is 17.6 Å². The molecule has 5 rings (SSSR count). The summed E-state index contributed by atoms with van der Waals surface area (Å²) in [5.41, 5.74) is 1.04. The molecule has 0 unspecified atom stereocenters. The van der Waals surface area contributed by atoms with Crippen molar-refractivity contribution in [1.29, 1.82) is 0 Å². The van der Waals surface area contributed by atoms with Crippen molar-refractivity contribution in [2.75, 3.05) is 7.11 Å². The molecule has 0 aliphatic rings. The van der Waals surface area contributed by atoms with Crippen LogP contribution in [0.15, 0.2) is 108 Å². The number of benzene rings is 4. The van der Waals surface area contributed by atoms with Crippen LogP contribution in [0.3, 0.4) is 0 Å². The smallest absolute Gasteiger partial charge is 0.416 e. The maximum Gasteiger partial charge on any atom is 0.416 e. The molecule has 40 heavy (non-hydrogen) atoms. The first-order valence-electron chi connectivity index (χ1n) is 12.1. The summed E-state index contributed by atoms with van der Waals surface area (Å²) >= 11 is 0. The number of carbonyl (C=O) groups is 1. The maximum atomic E-state index is 13.8. The summed E-state index contributed by atoms with van der Waals surface area (Å²) in [6, 6.07) is 26.2. The first-order valence-corrected chi connectivity index (χ1v) is 13.6. The van der Waals surface area contributed by atoms with E-state index >= 15 is 0 Å². The third-order valence-electron chi connectivity index (χ3n) is 6.44. The summed E-state index contributed by atoms with van der Waals surface area (Å²) in [6.45, 7) is -0.116. The van der Waals surface area contributed by atoms with Crippen molar-refractivity contribution in [1.82, 2.24) is 9.29 Å². The van der Waals surface area contributed by atoms with E-state index in [0.717, 1.165) is 12.1 Å². The molecule has 0 saturated carbocycles. The Morgan fingerprint density at radius 1 is 0.875 bits per heavy atom. The van der Waals surface area contributed by atoms with Gasteiger partial charge in [-0.05, 0) is 53.6 Å². The van der Waals surface area contributed by atoms with Gasteiger partial charge in [-0.3, -0.25) is 4.79 Å². The third kappa shape index (κ3) is 5.30. The van der Waals surface area contributed by atoms with Crippen LogP contribution in [0.1, 0.15) is 21.6 Å². The van der Waals surface area contributed by atoms with Crippen LogP contribution in [0.4, 0.5) is 13.2 Å². The van der Waals surface area contributed by atoms with Crippen molar-refractivity contribution in [3.8, 4) is 16.9 Å². The van der Waals surface area contributed by atoms with Crippen molar-refractivity contribution in [3.63, 3.8) is 0 Å². The van der Waals surface area contributed by atoms with Gasteiger partial charge < -0.3 is 9.30 Å². The Balaban J connectivity index is 1.71. The first-order chi connectivity index (χ1) is 19.1. The number of fused-ring (bicyclic) bond motifs is 1. The monoisotopic (exact) mass is 564 g/mol. The van der Waals surface area contributed by atoms with Gasteiger partial charge in [0.15, 0.2) is 0 Å². The predicted molar refractivity (Wildman–Crippen MR) is 146 cm³/mol. The van der Waals surface area contributed by atoms with Crippen LogP contribution < -0.4 is 9.46 Å². The van der Waals surface area contributed by atoms with Gasteiger partial charge in [-0.25, -0.2) is 13.1 Å². The van der Waals surface area contributed by atoms with Crippen molar-refractivity contribution in [2.24, 2.45) is 0 Å². The summed E-state index contributed by atoms with van der Waals surface area (Å²) in [6.07, 6.45) is -4.55. The highest BCUT2D eigenvalue weighted by Crippen LogP contribution is 2.37. The minimum absolute atomic E-state index is 0.0108. The number of alkyl halides is 3. The van der Waals surface area contributed by atoms with E-state index in [1.54, 1.807) is 59.2 Å². The summed E-state index contributed by atoms with van der Waals surface area (Å²) in [5.74, 6) is -0.341.